The van der Waals surface area contributed by atoms with Crippen LogP contribution in [0.1, 0.15) is 31.4 Å². The van der Waals surface area contributed by atoms with Crippen LogP contribution in [0.15, 0.2) is 24.3 Å². The molecule has 2 nitrogen and oxygen atoms in total. The normalized spacial score (nSPS) is 19.2. The van der Waals surface area contributed by atoms with Crippen molar-refractivity contribution >= 4 is 0 Å². The molecule has 0 aliphatic carbocycles. The molecule has 1 saturated heterocycles. The minimum absolute atomic E-state index is 0.126. The van der Waals surface area contributed by atoms with Gasteiger partial charge in [-0.2, -0.15) is 0 Å². The van der Waals surface area contributed by atoms with E-state index in [-0.39, 0.29) is 5.82 Å². The van der Waals surface area contributed by atoms with Crippen LogP contribution in [0.3, 0.4) is 0 Å². The third kappa shape index (κ3) is 3.27. The van der Waals surface area contributed by atoms with Crippen molar-refractivity contribution in [2.75, 3.05) is 26.2 Å². The van der Waals surface area contributed by atoms with Gasteiger partial charge < -0.3 is 5.32 Å². The molecule has 0 spiro atoms. The molecule has 0 amide bonds. The van der Waals surface area contributed by atoms with Crippen LogP contribution in [-0.2, 0) is 0 Å². The van der Waals surface area contributed by atoms with Crippen LogP contribution < -0.4 is 5.32 Å². The summed E-state index contributed by atoms with van der Waals surface area (Å²) in [6.45, 7) is 6.38. The van der Waals surface area contributed by atoms with Crippen molar-refractivity contribution in [2.24, 2.45) is 0 Å². The van der Waals surface area contributed by atoms with Crippen molar-refractivity contribution in [1.29, 1.82) is 0 Å². The fourth-order valence-electron chi connectivity index (χ4n) is 2.54. The Kier molecular flexibility index (Phi) is 4.51. The Morgan fingerprint density at radius 2 is 2.12 bits per heavy atom. The van der Waals surface area contributed by atoms with Gasteiger partial charge in [0.05, 0.1) is 0 Å². The van der Waals surface area contributed by atoms with Crippen LogP contribution in [0, 0.1) is 5.82 Å². The van der Waals surface area contributed by atoms with Gasteiger partial charge in [0.2, 0.25) is 0 Å². The summed E-state index contributed by atoms with van der Waals surface area (Å²) in [7, 11) is 0. The zero-order chi connectivity index (χ0) is 12.1. The van der Waals surface area contributed by atoms with E-state index in [9.17, 15) is 4.39 Å². The molecular formula is C14H21FN2. The van der Waals surface area contributed by atoms with Gasteiger partial charge in [-0.1, -0.05) is 25.5 Å². The highest BCUT2D eigenvalue weighted by molar-refractivity contribution is 5.20. The van der Waals surface area contributed by atoms with E-state index in [1.165, 1.54) is 6.07 Å². The van der Waals surface area contributed by atoms with Crippen LogP contribution in [0.2, 0.25) is 0 Å². The number of nitrogens with one attached hydrogen (secondary N) is 1. The molecule has 2 rings (SSSR count). The Hall–Kier alpha value is -0.930. The Morgan fingerprint density at radius 1 is 1.35 bits per heavy atom. The fourth-order valence-corrected chi connectivity index (χ4v) is 2.54. The zero-order valence-electron chi connectivity index (χ0n) is 10.5. The summed E-state index contributed by atoms with van der Waals surface area (Å²) in [5.74, 6) is -0.126. The highest BCUT2D eigenvalue weighted by Crippen LogP contribution is 2.26. The largest absolute Gasteiger partial charge is 0.314 e. The predicted octanol–water partition coefficient (Wildman–Crippen LogP) is 2.57. The van der Waals surface area contributed by atoms with Gasteiger partial charge in [-0.15, -0.1) is 0 Å². The van der Waals surface area contributed by atoms with E-state index >= 15 is 0 Å². The first-order chi connectivity index (χ1) is 8.31. The predicted molar refractivity (Wildman–Crippen MR) is 68.5 cm³/mol. The van der Waals surface area contributed by atoms with Gasteiger partial charge >= 0.3 is 0 Å². The van der Waals surface area contributed by atoms with E-state index in [4.69, 9.17) is 0 Å². The smallest absolute Gasteiger partial charge is 0.123 e. The molecule has 1 N–H and O–H groups in total. The standard InChI is InChI=1S/C14H21FN2/c1-2-4-14(17-9-7-16-8-10-17)12-5-3-6-13(15)11-12/h3,5-6,11,14,16H,2,4,7-10H2,1H3/t14-/m0/s1. The third-order valence-corrected chi connectivity index (χ3v) is 3.39. The number of benzene rings is 1. The van der Waals surface area contributed by atoms with Crippen molar-refractivity contribution < 1.29 is 4.39 Å². The molecular weight excluding hydrogens is 215 g/mol. The van der Waals surface area contributed by atoms with E-state index in [1.54, 1.807) is 6.07 Å². The summed E-state index contributed by atoms with van der Waals surface area (Å²) < 4.78 is 13.3. The zero-order valence-corrected chi connectivity index (χ0v) is 10.5. The molecule has 1 fully saturated rings. The summed E-state index contributed by atoms with van der Waals surface area (Å²) in [6, 6.07) is 7.44. The van der Waals surface area contributed by atoms with Crippen LogP contribution >= 0.6 is 0 Å². The molecule has 0 aromatic heterocycles. The third-order valence-electron chi connectivity index (χ3n) is 3.39. The highest BCUT2D eigenvalue weighted by atomic mass is 19.1. The van der Waals surface area contributed by atoms with Gasteiger partial charge in [-0.25, -0.2) is 4.39 Å². The number of nitrogens with zero attached hydrogens (tertiary/aromatic N) is 1. The maximum absolute atomic E-state index is 13.3. The average Bonchev–Trinajstić information content (AvgIpc) is 2.37. The number of halogens is 1. The van der Waals surface area contributed by atoms with E-state index in [0.717, 1.165) is 44.6 Å². The molecule has 17 heavy (non-hydrogen) atoms. The van der Waals surface area contributed by atoms with E-state index in [0.29, 0.717) is 6.04 Å². The second kappa shape index (κ2) is 6.12. The molecule has 1 aliphatic rings. The Morgan fingerprint density at radius 3 is 2.76 bits per heavy atom. The SMILES string of the molecule is CCC[C@@H](c1cccc(F)c1)N1CCNCC1. The number of hydrogen-bond donors (Lipinski definition) is 1. The number of rotatable bonds is 4. The van der Waals surface area contributed by atoms with Crippen molar-refractivity contribution in [1.82, 2.24) is 10.2 Å². The maximum Gasteiger partial charge on any atom is 0.123 e. The van der Waals surface area contributed by atoms with Crippen LogP contribution in [0.4, 0.5) is 4.39 Å². The summed E-state index contributed by atoms with van der Waals surface area (Å²) in [5.41, 5.74) is 1.12. The Bertz CT molecular complexity index is 348. The number of hydrogen-bond acceptors (Lipinski definition) is 2. The first-order valence-electron chi connectivity index (χ1n) is 6.51. The second-order valence-electron chi connectivity index (χ2n) is 4.65. The summed E-state index contributed by atoms with van der Waals surface area (Å²) in [5, 5.41) is 3.36. The topological polar surface area (TPSA) is 15.3 Å². The number of piperazine rings is 1. The molecule has 0 bridgehead atoms. The van der Waals surface area contributed by atoms with Crippen molar-refractivity contribution in [3.05, 3.63) is 35.6 Å². The fraction of sp³-hybridized carbons (Fsp3) is 0.571. The molecule has 0 radical (unpaired) electrons. The van der Waals surface area contributed by atoms with Gasteiger partial charge in [-0.05, 0) is 24.1 Å². The van der Waals surface area contributed by atoms with Gasteiger partial charge in [0.25, 0.3) is 0 Å². The first kappa shape index (κ1) is 12.5. The molecule has 1 heterocycles. The van der Waals surface area contributed by atoms with Gasteiger partial charge in [0, 0.05) is 32.2 Å². The summed E-state index contributed by atoms with van der Waals surface area (Å²) in [6.07, 6.45) is 2.23. The molecule has 1 aromatic rings. The van der Waals surface area contributed by atoms with Crippen LogP contribution in [0.25, 0.3) is 0 Å². The maximum atomic E-state index is 13.3. The van der Waals surface area contributed by atoms with E-state index in [1.807, 2.05) is 12.1 Å². The van der Waals surface area contributed by atoms with Crippen molar-refractivity contribution in [3.8, 4) is 0 Å². The summed E-state index contributed by atoms with van der Waals surface area (Å²) >= 11 is 0. The quantitative estimate of drug-likeness (QED) is 0.864. The monoisotopic (exact) mass is 236 g/mol. The Labute approximate surface area is 103 Å². The minimum Gasteiger partial charge on any atom is -0.314 e. The lowest BCUT2D eigenvalue weighted by Crippen LogP contribution is -2.45. The van der Waals surface area contributed by atoms with E-state index < -0.39 is 0 Å². The van der Waals surface area contributed by atoms with E-state index in [2.05, 4.69) is 17.1 Å². The highest BCUT2D eigenvalue weighted by Gasteiger charge is 2.21. The van der Waals surface area contributed by atoms with Crippen LogP contribution in [0.5, 0.6) is 0 Å². The lowest BCUT2D eigenvalue weighted by Gasteiger charge is -2.35. The molecule has 3 heteroatoms. The Balaban J connectivity index is 2.15. The van der Waals surface area contributed by atoms with Crippen LogP contribution in [-0.4, -0.2) is 31.1 Å². The van der Waals surface area contributed by atoms with Crippen molar-refractivity contribution in [2.45, 2.75) is 25.8 Å². The summed E-state index contributed by atoms with van der Waals surface area (Å²) in [4.78, 5) is 2.47. The molecule has 94 valence electrons. The lowest BCUT2D eigenvalue weighted by molar-refractivity contribution is 0.164. The van der Waals surface area contributed by atoms with Gasteiger partial charge in [0.1, 0.15) is 5.82 Å². The molecule has 0 saturated carbocycles. The van der Waals surface area contributed by atoms with Gasteiger partial charge in [0.15, 0.2) is 0 Å². The first-order valence-corrected chi connectivity index (χ1v) is 6.51. The molecule has 0 unspecified atom stereocenters. The molecule has 1 aromatic carbocycles. The average molecular weight is 236 g/mol. The minimum atomic E-state index is -0.126. The second-order valence-corrected chi connectivity index (χ2v) is 4.65. The van der Waals surface area contributed by atoms with Gasteiger partial charge in [-0.3, -0.25) is 4.90 Å². The lowest BCUT2D eigenvalue weighted by atomic mass is 10.00. The molecule has 1 atom stereocenters. The molecule has 1 aliphatic heterocycles. The van der Waals surface area contributed by atoms with Crippen molar-refractivity contribution in [3.63, 3.8) is 0 Å².